The van der Waals surface area contributed by atoms with Gasteiger partial charge in [0.2, 0.25) is 0 Å². The molecule has 0 spiro atoms. The van der Waals surface area contributed by atoms with E-state index in [1.54, 1.807) is 11.0 Å². The SMILES string of the molecule is CCc1ocnc1C(=O)N1CCOc2c(O)cc(-c3ccccc3C)cc2C1. The second kappa shape index (κ2) is 7.38. The fourth-order valence-electron chi connectivity index (χ4n) is 3.57. The molecule has 2 aromatic carbocycles. The number of carbonyl (C=O) groups excluding carboxylic acids is 1. The third kappa shape index (κ3) is 3.22. The van der Waals surface area contributed by atoms with Crippen LogP contribution in [0.3, 0.4) is 0 Å². The molecule has 0 unspecified atom stereocenters. The Hall–Kier alpha value is -3.28. The van der Waals surface area contributed by atoms with Crippen LogP contribution in [0.15, 0.2) is 47.2 Å². The first-order chi connectivity index (χ1) is 13.6. The van der Waals surface area contributed by atoms with Crippen LogP contribution in [-0.4, -0.2) is 34.0 Å². The average molecular weight is 378 g/mol. The molecule has 1 amide bonds. The molecule has 28 heavy (non-hydrogen) atoms. The molecule has 3 aromatic rings. The molecule has 144 valence electrons. The number of hydrogen-bond donors (Lipinski definition) is 1. The molecule has 6 heteroatoms. The Morgan fingerprint density at radius 1 is 1.29 bits per heavy atom. The fraction of sp³-hybridized carbons (Fsp3) is 0.273. The molecule has 0 radical (unpaired) electrons. The Morgan fingerprint density at radius 3 is 2.89 bits per heavy atom. The first-order valence-electron chi connectivity index (χ1n) is 9.34. The van der Waals surface area contributed by atoms with Crippen molar-refractivity contribution in [3.63, 3.8) is 0 Å². The van der Waals surface area contributed by atoms with Crippen LogP contribution in [0, 0.1) is 6.92 Å². The molecule has 1 N–H and O–H groups in total. The largest absolute Gasteiger partial charge is 0.504 e. The molecule has 0 fully saturated rings. The molecule has 0 saturated carbocycles. The Labute approximate surface area is 163 Å². The van der Waals surface area contributed by atoms with Crippen LogP contribution >= 0.6 is 0 Å². The number of fused-ring (bicyclic) bond motifs is 1. The highest BCUT2D eigenvalue weighted by Gasteiger charge is 2.27. The molecule has 1 aliphatic heterocycles. The van der Waals surface area contributed by atoms with Gasteiger partial charge in [0.15, 0.2) is 23.6 Å². The lowest BCUT2D eigenvalue weighted by atomic mass is 9.98. The molecular weight excluding hydrogens is 356 g/mol. The summed E-state index contributed by atoms with van der Waals surface area (Å²) in [6.07, 6.45) is 1.90. The number of carbonyl (C=O) groups is 1. The smallest absolute Gasteiger partial charge is 0.276 e. The van der Waals surface area contributed by atoms with E-state index in [9.17, 15) is 9.90 Å². The third-order valence-corrected chi connectivity index (χ3v) is 5.02. The minimum atomic E-state index is -0.192. The molecule has 0 atom stereocenters. The molecule has 6 nitrogen and oxygen atoms in total. The van der Waals surface area contributed by atoms with Crippen LogP contribution in [0.5, 0.6) is 11.5 Å². The highest BCUT2D eigenvalue weighted by molar-refractivity contribution is 5.93. The summed E-state index contributed by atoms with van der Waals surface area (Å²) in [5, 5.41) is 10.5. The number of aryl methyl sites for hydroxylation is 2. The number of oxazole rings is 1. The number of nitrogens with zero attached hydrogens (tertiary/aromatic N) is 2. The van der Waals surface area contributed by atoms with Crippen molar-refractivity contribution in [2.75, 3.05) is 13.2 Å². The predicted octanol–water partition coefficient (Wildman–Crippen LogP) is 3.95. The number of rotatable bonds is 3. The number of phenolic OH excluding ortho intramolecular Hbond substituents is 1. The van der Waals surface area contributed by atoms with Crippen LogP contribution in [0.2, 0.25) is 0 Å². The lowest BCUT2D eigenvalue weighted by Gasteiger charge is -2.19. The lowest BCUT2D eigenvalue weighted by Crippen LogP contribution is -2.33. The first kappa shape index (κ1) is 18.1. The second-order valence-corrected chi connectivity index (χ2v) is 6.85. The van der Waals surface area contributed by atoms with Crippen molar-refractivity contribution >= 4 is 5.91 Å². The Balaban J connectivity index is 1.71. The number of aromatic nitrogens is 1. The standard InChI is InChI=1S/C22H22N2O4/c1-3-19-20(23-13-28-19)22(26)24-8-9-27-21-16(12-24)10-15(11-18(21)25)17-7-5-4-6-14(17)2/h4-7,10-11,13,25H,3,8-9,12H2,1-2H3. The highest BCUT2D eigenvalue weighted by Crippen LogP contribution is 2.38. The summed E-state index contributed by atoms with van der Waals surface area (Å²) in [6, 6.07) is 11.7. The van der Waals surface area contributed by atoms with E-state index < -0.39 is 0 Å². The van der Waals surface area contributed by atoms with Gasteiger partial charge in [0, 0.05) is 18.5 Å². The monoisotopic (exact) mass is 378 g/mol. The van der Waals surface area contributed by atoms with E-state index in [1.807, 2.05) is 44.2 Å². The summed E-state index contributed by atoms with van der Waals surface area (Å²) >= 11 is 0. The maximum Gasteiger partial charge on any atom is 0.276 e. The zero-order valence-electron chi connectivity index (χ0n) is 15.9. The number of aromatic hydroxyl groups is 1. The van der Waals surface area contributed by atoms with Crippen molar-refractivity contribution in [3.05, 3.63) is 65.4 Å². The van der Waals surface area contributed by atoms with E-state index >= 15 is 0 Å². The van der Waals surface area contributed by atoms with Gasteiger partial charge in [-0.1, -0.05) is 31.2 Å². The van der Waals surface area contributed by atoms with Crippen molar-refractivity contribution in [3.8, 4) is 22.6 Å². The summed E-state index contributed by atoms with van der Waals surface area (Å²) < 4.78 is 11.1. The molecular formula is C22H22N2O4. The highest BCUT2D eigenvalue weighted by atomic mass is 16.5. The molecule has 4 rings (SSSR count). The van der Waals surface area contributed by atoms with Crippen molar-refractivity contribution in [1.82, 2.24) is 9.88 Å². The number of ether oxygens (including phenoxy) is 1. The fourth-order valence-corrected chi connectivity index (χ4v) is 3.57. The molecule has 0 bridgehead atoms. The van der Waals surface area contributed by atoms with E-state index in [0.29, 0.717) is 43.3 Å². The molecule has 0 aliphatic carbocycles. The van der Waals surface area contributed by atoms with Crippen LogP contribution in [-0.2, 0) is 13.0 Å². The molecule has 2 heterocycles. The summed E-state index contributed by atoms with van der Waals surface area (Å²) in [7, 11) is 0. The van der Waals surface area contributed by atoms with Gasteiger partial charge in [0.05, 0.1) is 6.54 Å². The Kier molecular flexibility index (Phi) is 4.77. The third-order valence-electron chi connectivity index (χ3n) is 5.02. The summed E-state index contributed by atoms with van der Waals surface area (Å²) in [5.74, 6) is 0.902. The van der Waals surface area contributed by atoms with Crippen molar-refractivity contribution in [1.29, 1.82) is 0 Å². The topological polar surface area (TPSA) is 75.8 Å². The maximum atomic E-state index is 13.0. The van der Waals surface area contributed by atoms with Gasteiger partial charge in [0.1, 0.15) is 12.4 Å². The zero-order valence-corrected chi connectivity index (χ0v) is 15.9. The van der Waals surface area contributed by atoms with Crippen LogP contribution in [0.1, 0.15) is 34.3 Å². The normalized spacial score (nSPS) is 13.6. The van der Waals surface area contributed by atoms with E-state index in [-0.39, 0.29) is 11.7 Å². The zero-order chi connectivity index (χ0) is 19.7. The number of amides is 1. The summed E-state index contributed by atoms with van der Waals surface area (Å²) in [6.45, 7) is 4.99. The number of benzene rings is 2. The maximum absolute atomic E-state index is 13.0. The lowest BCUT2D eigenvalue weighted by molar-refractivity contribution is 0.0725. The second-order valence-electron chi connectivity index (χ2n) is 6.85. The molecule has 1 aromatic heterocycles. The Morgan fingerprint density at radius 2 is 2.11 bits per heavy atom. The average Bonchev–Trinajstić information content (AvgIpc) is 3.06. The quantitative estimate of drug-likeness (QED) is 0.747. The van der Waals surface area contributed by atoms with Gasteiger partial charge in [-0.3, -0.25) is 4.79 Å². The van der Waals surface area contributed by atoms with Crippen LogP contribution < -0.4 is 4.74 Å². The van der Waals surface area contributed by atoms with Gasteiger partial charge in [-0.2, -0.15) is 0 Å². The predicted molar refractivity (Wildman–Crippen MR) is 104 cm³/mol. The van der Waals surface area contributed by atoms with Gasteiger partial charge in [-0.25, -0.2) is 4.98 Å². The van der Waals surface area contributed by atoms with Crippen LogP contribution in [0.4, 0.5) is 0 Å². The van der Waals surface area contributed by atoms with E-state index in [1.165, 1.54) is 6.39 Å². The minimum absolute atomic E-state index is 0.0840. The number of hydrogen-bond acceptors (Lipinski definition) is 5. The van der Waals surface area contributed by atoms with Gasteiger partial charge < -0.3 is 19.2 Å². The van der Waals surface area contributed by atoms with Crippen molar-refractivity contribution < 1.29 is 19.1 Å². The molecule has 0 saturated heterocycles. The first-order valence-corrected chi connectivity index (χ1v) is 9.34. The van der Waals surface area contributed by atoms with Gasteiger partial charge in [-0.15, -0.1) is 0 Å². The summed E-state index contributed by atoms with van der Waals surface area (Å²) in [5.41, 5.74) is 4.14. The van der Waals surface area contributed by atoms with Crippen molar-refractivity contribution in [2.24, 2.45) is 0 Å². The van der Waals surface area contributed by atoms with E-state index in [0.717, 1.165) is 22.3 Å². The van der Waals surface area contributed by atoms with Gasteiger partial charge >= 0.3 is 0 Å². The van der Waals surface area contributed by atoms with Gasteiger partial charge in [0.25, 0.3) is 5.91 Å². The molecule has 1 aliphatic rings. The Bertz CT molecular complexity index is 1030. The minimum Gasteiger partial charge on any atom is -0.504 e. The van der Waals surface area contributed by atoms with Gasteiger partial charge in [-0.05, 0) is 35.7 Å². The van der Waals surface area contributed by atoms with Crippen LogP contribution in [0.25, 0.3) is 11.1 Å². The summed E-state index contributed by atoms with van der Waals surface area (Å²) in [4.78, 5) is 18.8. The van der Waals surface area contributed by atoms with E-state index in [4.69, 9.17) is 9.15 Å². The van der Waals surface area contributed by atoms with Crippen molar-refractivity contribution in [2.45, 2.75) is 26.8 Å². The van der Waals surface area contributed by atoms with E-state index in [2.05, 4.69) is 4.98 Å². The number of phenols is 1.